The van der Waals surface area contributed by atoms with Crippen LogP contribution in [-0.2, 0) is 40.8 Å². The van der Waals surface area contributed by atoms with Crippen molar-refractivity contribution in [3.05, 3.63) is 110 Å². The summed E-state index contributed by atoms with van der Waals surface area (Å²) in [7, 11) is -1.39. The summed E-state index contributed by atoms with van der Waals surface area (Å²) in [5.74, 6) is 0.638. The molecule has 0 aromatic heterocycles. The summed E-state index contributed by atoms with van der Waals surface area (Å²) in [6.45, 7) is 23.8. The van der Waals surface area contributed by atoms with Gasteiger partial charge in [-0.15, -0.1) is 0 Å². The Morgan fingerprint density at radius 1 is 0.571 bits per heavy atom. The predicted molar refractivity (Wildman–Crippen MR) is 246 cm³/mol. The molecular formula is C47H58B3BrF2O10. The van der Waals surface area contributed by atoms with Crippen molar-refractivity contribution in [2.45, 2.75) is 82.1 Å². The van der Waals surface area contributed by atoms with Crippen LogP contribution in [0.5, 0.6) is 23.0 Å². The van der Waals surface area contributed by atoms with Crippen molar-refractivity contribution in [1.82, 2.24) is 0 Å². The zero-order valence-corrected chi connectivity index (χ0v) is 39.6. The molecule has 0 radical (unpaired) electrons. The number of carbonyl (C=O) groups is 2. The van der Waals surface area contributed by atoms with Crippen LogP contribution in [0.2, 0.25) is 0 Å². The van der Waals surface area contributed by atoms with Crippen molar-refractivity contribution < 1.29 is 55.8 Å². The van der Waals surface area contributed by atoms with Gasteiger partial charge in [-0.25, -0.2) is 8.78 Å². The molecule has 0 aliphatic carbocycles. The fraction of sp³-hybridized carbons (Fsp3) is 0.447. The van der Waals surface area contributed by atoms with E-state index in [1.807, 2.05) is 27.7 Å². The highest BCUT2D eigenvalue weighted by Crippen LogP contribution is 2.35. The van der Waals surface area contributed by atoms with Crippen LogP contribution in [0.1, 0.15) is 98.4 Å². The average molecular weight is 933 g/mol. The summed E-state index contributed by atoms with van der Waals surface area (Å²) < 4.78 is 75.1. The van der Waals surface area contributed by atoms with Gasteiger partial charge in [0.2, 0.25) is 0 Å². The summed E-state index contributed by atoms with van der Waals surface area (Å²) in [5.41, 5.74) is 4.41. The summed E-state index contributed by atoms with van der Waals surface area (Å²) in [6.07, 6.45) is 2.72. The first-order valence-electron chi connectivity index (χ1n) is 21.3. The minimum Gasteiger partial charge on any atom is -0.454 e. The number of ether oxygens (including phenoxy) is 2. The monoisotopic (exact) mass is 932 g/mol. The Kier molecular flexibility index (Phi) is 17.4. The molecule has 0 bridgehead atoms. The number of aryl methyl sites for hydroxylation is 2. The Balaban J connectivity index is 0.000000185. The molecule has 10 nitrogen and oxygen atoms in total. The van der Waals surface area contributed by atoms with Gasteiger partial charge in [0.15, 0.2) is 29.4 Å². The Morgan fingerprint density at radius 3 is 1.35 bits per heavy atom. The number of hydrogen-bond acceptors (Lipinski definition) is 10. The number of rotatable bonds is 10. The Morgan fingerprint density at radius 2 is 0.952 bits per heavy atom. The zero-order chi connectivity index (χ0) is 46.1. The smallest absolute Gasteiger partial charge is 0.454 e. The molecule has 3 aliphatic heterocycles. The lowest BCUT2D eigenvalue weighted by atomic mass is 9.47. The van der Waals surface area contributed by atoms with Crippen LogP contribution in [0.3, 0.4) is 0 Å². The molecule has 0 saturated carbocycles. The van der Waals surface area contributed by atoms with Gasteiger partial charge in [0.25, 0.3) is 0 Å². The molecule has 4 aromatic carbocycles. The van der Waals surface area contributed by atoms with Crippen LogP contribution in [0.4, 0.5) is 8.78 Å². The highest BCUT2D eigenvalue weighted by Gasteiger charge is 2.47. The van der Waals surface area contributed by atoms with Crippen molar-refractivity contribution in [2.24, 2.45) is 16.2 Å². The van der Waals surface area contributed by atoms with Crippen LogP contribution in [0.15, 0.2) is 65.1 Å². The summed E-state index contributed by atoms with van der Waals surface area (Å²) in [4.78, 5) is 22.4. The van der Waals surface area contributed by atoms with Gasteiger partial charge in [-0.3, -0.25) is 9.59 Å². The van der Waals surface area contributed by atoms with Gasteiger partial charge in [-0.05, 0) is 101 Å². The fourth-order valence-electron chi connectivity index (χ4n) is 6.78. The maximum absolute atomic E-state index is 14.5. The lowest BCUT2D eigenvalue weighted by Gasteiger charge is -2.38. The Labute approximate surface area is 380 Å². The van der Waals surface area contributed by atoms with E-state index in [-0.39, 0.29) is 53.4 Å². The number of carbonyl (C=O) groups excluding carboxylic acids is 2. The molecule has 3 aliphatic rings. The summed E-state index contributed by atoms with van der Waals surface area (Å²) >= 11 is 3.35. The average Bonchev–Trinajstić information content (AvgIpc) is 3.25. The largest absolute Gasteiger partial charge is 0.495 e. The Bertz CT molecular complexity index is 2170. The van der Waals surface area contributed by atoms with Gasteiger partial charge in [0.05, 0.1) is 0 Å². The first-order chi connectivity index (χ1) is 29.8. The van der Waals surface area contributed by atoms with E-state index in [9.17, 15) is 18.4 Å². The molecule has 4 aromatic rings. The van der Waals surface area contributed by atoms with Gasteiger partial charge in [-0.1, -0.05) is 79.7 Å². The number of halogens is 3. The first-order valence-corrected chi connectivity index (χ1v) is 22.0. The van der Waals surface area contributed by atoms with E-state index in [1.165, 1.54) is 0 Å². The predicted octanol–water partition coefficient (Wildman–Crippen LogP) is 10.3. The lowest BCUT2D eigenvalue weighted by Crippen LogP contribution is -2.56. The van der Waals surface area contributed by atoms with Gasteiger partial charge in [0.1, 0.15) is 17.8 Å². The third-order valence-corrected chi connectivity index (χ3v) is 11.7. The van der Waals surface area contributed by atoms with Crippen molar-refractivity contribution in [1.29, 1.82) is 0 Å². The molecular weight excluding hydrogens is 875 g/mol. The number of benzene rings is 4. The molecule has 0 atom stereocenters. The minimum absolute atomic E-state index is 0.0798. The molecule has 0 N–H and O–H groups in total. The highest BCUT2D eigenvalue weighted by molar-refractivity contribution is 9.10. The van der Waals surface area contributed by atoms with Gasteiger partial charge >= 0.3 is 21.1 Å². The van der Waals surface area contributed by atoms with Crippen LogP contribution >= 0.6 is 15.9 Å². The van der Waals surface area contributed by atoms with Crippen molar-refractivity contribution in [3.63, 3.8) is 0 Å². The van der Waals surface area contributed by atoms with Crippen LogP contribution in [0.25, 0.3) is 0 Å². The topological polar surface area (TPSA) is 108 Å². The minimum atomic E-state index is -0.645. The molecule has 0 spiro atoms. The second-order valence-electron chi connectivity index (χ2n) is 18.3. The van der Waals surface area contributed by atoms with Crippen molar-refractivity contribution >= 4 is 55.1 Å². The van der Waals surface area contributed by atoms with Crippen molar-refractivity contribution in [3.8, 4) is 23.0 Å². The maximum atomic E-state index is 14.5. The number of aldehydes is 2. The van der Waals surface area contributed by atoms with Crippen LogP contribution in [-0.4, -0.2) is 73.4 Å². The maximum Gasteiger partial charge on any atom is 0.495 e. The molecule has 63 heavy (non-hydrogen) atoms. The summed E-state index contributed by atoms with van der Waals surface area (Å²) in [6, 6.07) is 16.8. The molecule has 7 rings (SSSR count). The Hall–Kier alpha value is -3.89. The second-order valence-corrected chi connectivity index (χ2v) is 19.1. The van der Waals surface area contributed by atoms with E-state index in [1.54, 1.807) is 60.7 Å². The lowest BCUT2D eigenvalue weighted by molar-refractivity contribution is 0.00624. The molecule has 16 heteroatoms. The highest BCUT2D eigenvalue weighted by atomic mass is 79.9. The van der Waals surface area contributed by atoms with E-state index in [0.29, 0.717) is 102 Å². The molecule has 0 unspecified atom stereocenters. The van der Waals surface area contributed by atoms with E-state index in [0.717, 1.165) is 18.1 Å². The third kappa shape index (κ3) is 13.1. The van der Waals surface area contributed by atoms with E-state index >= 15 is 0 Å². The molecule has 0 amide bonds. The third-order valence-electron chi connectivity index (χ3n) is 10.7. The molecule has 336 valence electrons. The number of hydrogen-bond donors (Lipinski definition) is 0. The first kappa shape index (κ1) is 50.1. The van der Waals surface area contributed by atoms with Crippen molar-refractivity contribution in [2.75, 3.05) is 39.6 Å². The van der Waals surface area contributed by atoms with Gasteiger partial charge in [0, 0.05) is 77.0 Å². The second kappa shape index (κ2) is 21.9. The van der Waals surface area contributed by atoms with Crippen LogP contribution < -0.4 is 14.9 Å². The quantitative estimate of drug-likeness (QED) is 0.113. The van der Waals surface area contributed by atoms with E-state index in [2.05, 4.69) is 57.5 Å². The van der Waals surface area contributed by atoms with Gasteiger partial charge in [-0.2, -0.15) is 0 Å². The summed E-state index contributed by atoms with van der Waals surface area (Å²) in [5, 5.41) is 0. The van der Waals surface area contributed by atoms with E-state index < -0.39 is 7.12 Å². The molecule has 3 fully saturated rings. The normalized spacial score (nSPS) is 17.7. The fourth-order valence-corrected chi connectivity index (χ4v) is 7.20. The van der Waals surface area contributed by atoms with Crippen LogP contribution in [0, 0.1) is 41.7 Å². The standard InChI is InChI=1S/C21H24BFO4.C16H14BrFO2.C10H20B2O4/c1-5-15-7-6-8-18(20(15)23)27-17-10-9-16(11-24)19(14(17)2)22-25-12-21(3,4)13-26-22;1-3-11-5-4-6-14(16(11)18)20-13-8-7-12(9-19)15(17)10(13)2;1-9(2)5-13-11(14-6-9)12-15-7-10(3,4)8-16-12/h6-11H,5,12-13H2,1-4H3;4-9H,3H2,1-2H3;5-8H2,1-4H3. The van der Waals surface area contributed by atoms with E-state index in [4.69, 9.17) is 37.4 Å². The molecule has 3 heterocycles. The van der Waals surface area contributed by atoms with Gasteiger partial charge < -0.3 is 37.4 Å². The molecule has 3 saturated heterocycles. The SMILES string of the molecule is CC1(C)COB(B2OCC(C)(C)CO2)OC1.CCc1cccc(Oc2ccc(C=O)c(B3OCC(C)(C)CO3)c2C)c1F.CCc1cccc(Oc2ccc(C=O)c(Br)c2C)c1F. The zero-order valence-electron chi connectivity index (χ0n) is 38.0.